The Morgan fingerprint density at radius 1 is 1.25 bits per heavy atom. The van der Waals surface area contributed by atoms with Gasteiger partial charge in [-0.05, 0) is 55.5 Å². The molecule has 3 heterocycles. The molecule has 1 aliphatic carbocycles. The van der Waals surface area contributed by atoms with Crippen molar-refractivity contribution in [3.63, 3.8) is 0 Å². The number of anilines is 1. The Morgan fingerprint density at radius 2 is 2.12 bits per heavy atom. The summed E-state index contributed by atoms with van der Waals surface area (Å²) in [5.74, 6) is 2.28. The molecular weight excluding hydrogens is 420 g/mol. The van der Waals surface area contributed by atoms with E-state index in [1.54, 1.807) is 25.4 Å². The number of fused-ring (bicyclic) bond motifs is 1. The smallest absolute Gasteiger partial charge is 0.146 e. The third kappa shape index (κ3) is 4.50. The molecule has 0 spiro atoms. The summed E-state index contributed by atoms with van der Waals surface area (Å²) in [6, 6.07) is 9.15. The van der Waals surface area contributed by atoms with Gasteiger partial charge in [-0.3, -0.25) is 4.72 Å². The highest BCUT2D eigenvalue weighted by Gasteiger charge is 2.34. The van der Waals surface area contributed by atoms with E-state index in [2.05, 4.69) is 54.6 Å². The number of benzene rings is 1. The van der Waals surface area contributed by atoms with E-state index >= 15 is 0 Å². The van der Waals surface area contributed by atoms with Gasteiger partial charge in [-0.25, -0.2) is 9.97 Å². The summed E-state index contributed by atoms with van der Waals surface area (Å²) in [6.45, 7) is 5.34. The Kier molecular flexibility index (Phi) is 6.64. The van der Waals surface area contributed by atoms with E-state index in [-0.39, 0.29) is 0 Å². The largest absolute Gasteiger partial charge is 0.384 e. The second-order valence-electron chi connectivity index (χ2n) is 8.92. The summed E-state index contributed by atoms with van der Waals surface area (Å²) in [5, 5.41) is 0.971. The van der Waals surface area contributed by atoms with Gasteiger partial charge in [-0.15, -0.1) is 0 Å². The van der Waals surface area contributed by atoms with Gasteiger partial charge >= 0.3 is 0 Å². The zero-order valence-corrected chi connectivity index (χ0v) is 19.5. The molecule has 1 saturated carbocycles. The van der Waals surface area contributed by atoms with Gasteiger partial charge in [0.2, 0.25) is 0 Å². The molecule has 170 valence electrons. The first-order chi connectivity index (χ1) is 15.7. The topological polar surface area (TPSA) is 81.2 Å². The molecule has 0 bridgehead atoms. The van der Waals surface area contributed by atoms with Crippen LogP contribution in [0.5, 0.6) is 0 Å². The standard InChI is InChI=1S/C24H32N6OS/c1-31-8-9-32-28-13-17-4-2-5-19(10-17)21-15-30(24-22(21)23(25)26-16-27-24)20-11-18(12-20)14-29-6-3-7-29/h2,4-5,10,15-16,18,20,28H,3,6-9,11-14H2,1H3,(H2,25,26,27). The fourth-order valence-corrected chi connectivity index (χ4v) is 5.46. The Bertz CT molecular complexity index is 1060. The van der Waals surface area contributed by atoms with Crippen LogP contribution in [0.15, 0.2) is 36.8 Å². The van der Waals surface area contributed by atoms with Crippen molar-refractivity contribution >= 4 is 28.8 Å². The Labute approximate surface area is 193 Å². The highest BCUT2D eigenvalue weighted by atomic mass is 32.2. The highest BCUT2D eigenvalue weighted by Crippen LogP contribution is 2.43. The van der Waals surface area contributed by atoms with Crippen molar-refractivity contribution in [2.75, 3.05) is 44.8 Å². The molecule has 3 N–H and O–H groups in total. The van der Waals surface area contributed by atoms with Crippen LogP contribution in [-0.4, -0.2) is 58.5 Å². The molecule has 5 rings (SSSR count). The Morgan fingerprint density at radius 3 is 2.91 bits per heavy atom. The molecule has 7 nitrogen and oxygen atoms in total. The molecule has 1 saturated heterocycles. The Hall–Kier alpha value is -2.13. The fourth-order valence-electron chi connectivity index (χ4n) is 4.79. The van der Waals surface area contributed by atoms with Crippen molar-refractivity contribution in [2.45, 2.75) is 31.8 Å². The SMILES string of the molecule is COCCSNCc1cccc(-c2cn(C3CC(CN4CCC4)C3)c3ncnc(N)c23)c1. The van der Waals surface area contributed by atoms with Gasteiger partial charge in [0.05, 0.1) is 12.0 Å². The summed E-state index contributed by atoms with van der Waals surface area (Å²) in [6.07, 6.45) is 7.63. The molecule has 32 heavy (non-hydrogen) atoms. The van der Waals surface area contributed by atoms with E-state index < -0.39 is 0 Å². The van der Waals surface area contributed by atoms with E-state index in [1.807, 2.05) is 0 Å². The molecule has 0 atom stereocenters. The molecule has 2 aromatic heterocycles. The molecule has 0 unspecified atom stereocenters. The van der Waals surface area contributed by atoms with Gasteiger partial charge in [0.15, 0.2) is 0 Å². The van der Waals surface area contributed by atoms with Crippen molar-refractivity contribution < 1.29 is 4.74 Å². The molecule has 2 aliphatic rings. The van der Waals surface area contributed by atoms with Crippen molar-refractivity contribution in [3.8, 4) is 11.1 Å². The normalized spacial score (nSPS) is 20.9. The van der Waals surface area contributed by atoms with Crippen LogP contribution in [0, 0.1) is 5.92 Å². The number of hydrogen-bond donors (Lipinski definition) is 2. The van der Waals surface area contributed by atoms with Gasteiger partial charge < -0.3 is 19.9 Å². The van der Waals surface area contributed by atoms with E-state index in [0.29, 0.717) is 11.9 Å². The monoisotopic (exact) mass is 452 g/mol. The fraction of sp³-hybridized carbons (Fsp3) is 0.500. The van der Waals surface area contributed by atoms with Crippen LogP contribution < -0.4 is 10.5 Å². The lowest BCUT2D eigenvalue weighted by Gasteiger charge is -2.42. The summed E-state index contributed by atoms with van der Waals surface area (Å²) in [7, 11) is 1.73. The number of nitrogens with one attached hydrogen (secondary N) is 1. The molecule has 3 aromatic rings. The first-order valence-electron chi connectivity index (χ1n) is 11.5. The average Bonchev–Trinajstić information content (AvgIpc) is 3.12. The molecule has 0 amide bonds. The lowest BCUT2D eigenvalue weighted by atomic mass is 9.79. The van der Waals surface area contributed by atoms with Gasteiger partial charge in [0, 0.05) is 43.8 Å². The van der Waals surface area contributed by atoms with Crippen LogP contribution in [0.4, 0.5) is 5.82 Å². The predicted octanol–water partition coefficient (Wildman–Crippen LogP) is 3.72. The lowest BCUT2D eigenvalue weighted by Crippen LogP contribution is -2.43. The summed E-state index contributed by atoms with van der Waals surface area (Å²) < 4.78 is 10.9. The van der Waals surface area contributed by atoms with Crippen LogP contribution >= 0.6 is 11.9 Å². The summed E-state index contributed by atoms with van der Waals surface area (Å²) in [5.41, 5.74) is 10.8. The van der Waals surface area contributed by atoms with Crippen LogP contribution in [-0.2, 0) is 11.3 Å². The van der Waals surface area contributed by atoms with Crippen molar-refractivity contribution in [2.24, 2.45) is 5.92 Å². The molecule has 8 heteroatoms. The number of nitrogen functional groups attached to an aromatic ring is 1. The van der Waals surface area contributed by atoms with Gasteiger partial charge in [-0.2, -0.15) is 0 Å². The third-order valence-corrected chi connectivity index (χ3v) is 7.43. The second kappa shape index (κ2) is 9.79. The number of nitrogens with two attached hydrogens (primary N) is 1. The number of aromatic nitrogens is 3. The minimum atomic E-state index is 0.494. The van der Waals surface area contributed by atoms with Crippen molar-refractivity contribution in [1.82, 2.24) is 24.2 Å². The first kappa shape index (κ1) is 21.7. The lowest BCUT2D eigenvalue weighted by molar-refractivity contribution is 0.0921. The number of rotatable bonds is 10. The average molecular weight is 453 g/mol. The molecule has 1 aromatic carbocycles. The van der Waals surface area contributed by atoms with Crippen LogP contribution in [0.2, 0.25) is 0 Å². The van der Waals surface area contributed by atoms with Gasteiger partial charge in [0.1, 0.15) is 17.8 Å². The van der Waals surface area contributed by atoms with Gasteiger partial charge in [-0.1, -0.05) is 30.1 Å². The van der Waals surface area contributed by atoms with Crippen molar-refractivity contribution in [1.29, 1.82) is 0 Å². The number of likely N-dealkylation sites (tertiary alicyclic amines) is 1. The third-order valence-electron chi connectivity index (χ3n) is 6.71. The molecular formula is C24H32N6OS. The highest BCUT2D eigenvalue weighted by molar-refractivity contribution is 7.97. The molecule has 0 radical (unpaired) electrons. The van der Waals surface area contributed by atoms with Crippen LogP contribution in [0.25, 0.3) is 22.2 Å². The maximum Gasteiger partial charge on any atom is 0.146 e. The van der Waals surface area contributed by atoms with Crippen molar-refractivity contribution in [3.05, 3.63) is 42.4 Å². The minimum absolute atomic E-state index is 0.494. The quantitative estimate of drug-likeness (QED) is 0.358. The zero-order valence-electron chi connectivity index (χ0n) is 18.7. The molecule has 2 fully saturated rings. The first-order valence-corrected chi connectivity index (χ1v) is 12.5. The Balaban J connectivity index is 1.36. The predicted molar refractivity (Wildman–Crippen MR) is 131 cm³/mol. The van der Waals surface area contributed by atoms with Crippen LogP contribution in [0.3, 0.4) is 0 Å². The van der Waals surface area contributed by atoms with E-state index in [4.69, 9.17) is 10.5 Å². The number of ether oxygens (including phenoxy) is 1. The summed E-state index contributed by atoms with van der Waals surface area (Å²) >= 11 is 1.69. The van der Waals surface area contributed by atoms with E-state index in [9.17, 15) is 0 Å². The van der Waals surface area contributed by atoms with E-state index in [0.717, 1.165) is 47.0 Å². The van der Waals surface area contributed by atoms with Crippen LogP contribution in [0.1, 0.15) is 30.9 Å². The number of nitrogens with zero attached hydrogens (tertiary/aromatic N) is 4. The number of methoxy groups -OCH3 is 1. The minimum Gasteiger partial charge on any atom is -0.384 e. The number of hydrogen-bond acceptors (Lipinski definition) is 7. The summed E-state index contributed by atoms with van der Waals surface area (Å²) in [4.78, 5) is 11.5. The maximum atomic E-state index is 6.35. The second-order valence-corrected chi connectivity index (χ2v) is 9.90. The molecule has 1 aliphatic heterocycles. The zero-order chi connectivity index (χ0) is 21.9. The van der Waals surface area contributed by atoms with Gasteiger partial charge in [0.25, 0.3) is 0 Å². The van der Waals surface area contributed by atoms with E-state index in [1.165, 1.54) is 44.5 Å². The maximum absolute atomic E-state index is 6.35.